The standard InChI is InChI=1S/C10H8N2O4/c1-7-6-8(10(13)16-5-4-11)2-3-9(7)12(14)15/h2-3,6H,5H2,1H3. The van der Waals surface area contributed by atoms with Gasteiger partial charge in [-0.3, -0.25) is 10.1 Å². The van der Waals surface area contributed by atoms with Gasteiger partial charge in [0.1, 0.15) is 6.07 Å². The molecule has 0 unspecified atom stereocenters. The first-order valence-corrected chi connectivity index (χ1v) is 4.35. The molecule has 0 heterocycles. The molecule has 0 fully saturated rings. The minimum atomic E-state index is -0.667. The second-order valence-corrected chi connectivity index (χ2v) is 2.99. The van der Waals surface area contributed by atoms with Crippen LogP contribution in [0.25, 0.3) is 0 Å². The summed E-state index contributed by atoms with van der Waals surface area (Å²) in [6.07, 6.45) is 0. The lowest BCUT2D eigenvalue weighted by atomic mass is 10.1. The number of nitriles is 1. The molecule has 0 aromatic heterocycles. The molecule has 0 atom stereocenters. The van der Waals surface area contributed by atoms with Gasteiger partial charge in [-0.05, 0) is 19.1 Å². The van der Waals surface area contributed by atoms with Crippen LogP contribution in [0, 0.1) is 28.4 Å². The summed E-state index contributed by atoms with van der Waals surface area (Å²) in [5.74, 6) is -0.667. The van der Waals surface area contributed by atoms with Crippen molar-refractivity contribution >= 4 is 11.7 Å². The molecule has 0 amide bonds. The molecular formula is C10H8N2O4. The summed E-state index contributed by atoms with van der Waals surface area (Å²) in [5.41, 5.74) is 0.506. The van der Waals surface area contributed by atoms with E-state index in [4.69, 9.17) is 5.26 Å². The molecule has 1 aromatic rings. The van der Waals surface area contributed by atoms with E-state index in [1.807, 2.05) is 0 Å². The average molecular weight is 220 g/mol. The molecule has 0 saturated carbocycles. The molecule has 0 N–H and O–H groups in total. The molecule has 1 rings (SSSR count). The van der Waals surface area contributed by atoms with E-state index in [2.05, 4.69) is 4.74 Å². The van der Waals surface area contributed by atoms with Crippen molar-refractivity contribution in [2.24, 2.45) is 0 Å². The summed E-state index contributed by atoms with van der Waals surface area (Å²) in [6.45, 7) is 1.19. The van der Waals surface area contributed by atoms with Crippen molar-refractivity contribution in [2.45, 2.75) is 6.92 Å². The van der Waals surface area contributed by atoms with Crippen molar-refractivity contribution in [3.8, 4) is 6.07 Å². The van der Waals surface area contributed by atoms with Crippen molar-refractivity contribution in [1.82, 2.24) is 0 Å². The predicted octanol–water partition coefficient (Wildman–Crippen LogP) is 1.58. The highest BCUT2D eigenvalue weighted by Gasteiger charge is 2.14. The zero-order valence-corrected chi connectivity index (χ0v) is 8.47. The second kappa shape index (κ2) is 4.89. The molecule has 16 heavy (non-hydrogen) atoms. The van der Waals surface area contributed by atoms with E-state index in [1.54, 1.807) is 6.07 Å². The van der Waals surface area contributed by atoms with Gasteiger partial charge in [-0.1, -0.05) is 0 Å². The van der Waals surface area contributed by atoms with Crippen molar-refractivity contribution < 1.29 is 14.5 Å². The molecule has 1 aromatic carbocycles. The number of carbonyl (C=O) groups is 1. The minimum absolute atomic E-state index is 0.0585. The number of hydrogen-bond donors (Lipinski definition) is 0. The molecule has 6 nitrogen and oxygen atoms in total. The van der Waals surface area contributed by atoms with E-state index in [9.17, 15) is 14.9 Å². The molecule has 6 heteroatoms. The fourth-order valence-corrected chi connectivity index (χ4v) is 1.17. The summed E-state index contributed by atoms with van der Waals surface area (Å²) >= 11 is 0. The minimum Gasteiger partial charge on any atom is -0.447 e. The Labute approximate surface area is 91.2 Å². The quantitative estimate of drug-likeness (QED) is 0.438. The lowest BCUT2D eigenvalue weighted by Gasteiger charge is -2.02. The number of aryl methyl sites for hydroxylation is 1. The summed E-state index contributed by atoms with van der Waals surface area (Å²) in [5, 5.41) is 18.7. The van der Waals surface area contributed by atoms with Crippen LogP contribution < -0.4 is 0 Å². The smallest absolute Gasteiger partial charge is 0.339 e. The lowest BCUT2D eigenvalue weighted by molar-refractivity contribution is -0.385. The summed E-state index contributed by atoms with van der Waals surface area (Å²) < 4.78 is 4.56. The number of ether oxygens (including phenoxy) is 1. The molecule has 0 bridgehead atoms. The van der Waals surface area contributed by atoms with Crippen molar-refractivity contribution in [3.63, 3.8) is 0 Å². The third kappa shape index (κ3) is 2.54. The van der Waals surface area contributed by atoms with Crippen LogP contribution in [0.4, 0.5) is 5.69 Å². The fraction of sp³-hybridized carbons (Fsp3) is 0.200. The van der Waals surface area contributed by atoms with Gasteiger partial charge < -0.3 is 4.74 Å². The third-order valence-electron chi connectivity index (χ3n) is 1.90. The Hall–Kier alpha value is -2.42. The van der Waals surface area contributed by atoms with E-state index in [-0.39, 0.29) is 17.9 Å². The summed E-state index contributed by atoms with van der Waals surface area (Å²) in [4.78, 5) is 21.3. The van der Waals surface area contributed by atoms with E-state index < -0.39 is 10.9 Å². The molecule has 0 spiro atoms. The summed E-state index contributed by atoms with van der Waals surface area (Å²) in [7, 11) is 0. The van der Waals surface area contributed by atoms with Crippen LogP contribution in [0.3, 0.4) is 0 Å². The van der Waals surface area contributed by atoms with Gasteiger partial charge in [-0.15, -0.1) is 0 Å². The Morgan fingerprint density at radius 3 is 2.81 bits per heavy atom. The number of carbonyl (C=O) groups excluding carboxylic acids is 1. The first-order chi connectivity index (χ1) is 7.56. The maximum atomic E-state index is 11.3. The molecule has 0 radical (unpaired) electrons. The van der Waals surface area contributed by atoms with Crippen molar-refractivity contribution in [1.29, 1.82) is 5.26 Å². The largest absolute Gasteiger partial charge is 0.447 e. The van der Waals surface area contributed by atoms with Gasteiger partial charge in [0.15, 0.2) is 6.61 Å². The van der Waals surface area contributed by atoms with Gasteiger partial charge in [0.05, 0.1) is 10.5 Å². The Kier molecular flexibility index (Phi) is 3.56. The number of benzene rings is 1. The number of nitro groups is 1. The lowest BCUT2D eigenvalue weighted by Crippen LogP contribution is -2.06. The summed E-state index contributed by atoms with van der Waals surface area (Å²) in [6, 6.07) is 5.55. The second-order valence-electron chi connectivity index (χ2n) is 2.99. The Morgan fingerprint density at radius 2 is 2.31 bits per heavy atom. The Balaban J connectivity index is 2.93. The number of nitro benzene ring substituents is 1. The van der Waals surface area contributed by atoms with Crippen LogP contribution in [0.2, 0.25) is 0 Å². The van der Waals surface area contributed by atoms with E-state index in [1.165, 1.54) is 25.1 Å². The molecule has 0 aliphatic carbocycles. The van der Waals surface area contributed by atoms with Gasteiger partial charge in [0, 0.05) is 11.6 Å². The van der Waals surface area contributed by atoms with E-state index >= 15 is 0 Å². The van der Waals surface area contributed by atoms with Gasteiger partial charge in [0.2, 0.25) is 0 Å². The average Bonchev–Trinajstić information content (AvgIpc) is 2.25. The van der Waals surface area contributed by atoms with Gasteiger partial charge in [-0.25, -0.2) is 4.79 Å². The SMILES string of the molecule is Cc1cc(C(=O)OCC#N)ccc1[N+](=O)[O-]. The number of esters is 1. The highest BCUT2D eigenvalue weighted by Crippen LogP contribution is 2.19. The number of rotatable bonds is 3. The molecule has 82 valence electrons. The first kappa shape index (κ1) is 11.7. The van der Waals surface area contributed by atoms with Crippen LogP contribution >= 0.6 is 0 Å². The molecular weight excluding hydrogens is 212 g/mol. The first-order valence-electron chi connectivity index (χ1n) is 4.35. The highest BCUT2D eigenvalue weighted by molar-refractivity contribution is 5.90. The third-order valence-corrected chi connectivity index (χ3v) is 1.90. The van der Waals surface area contributed by atoms with Crippen LogP contribution in [-0.2, 0) is 4.74 Å². The van der Waals surface area contributed by atoms with Crippen molar-refractivity contribution in [3.05, 3.63) is 39.4 Å². The monoisotopic (exact) mass is 220 g/mol. The van der Waals surface area contributed by atoms with Crippen LogP contribution in [0.1, 0.15) is 15.9 Å². The maximum Gasteiger partial charge on any atom is 0.339 e. The zero-order valence-electron chi connectivity index (χ0n) is 8.47. The van der Waals surface area contributed by atoms with Gasteiger partial charge in [-0.2, -0.15) is 5.26 Å². The predicted molar refractivity (Wildman–Crippen MR) is 53.7 cm³/mol. The topological polar surface area (TPSA) is 93.2 Å². The van der Waals surface area contributed by atoms with E-state index in [0.717, 1.165) is 0 Å². The van der Waals surface area contributed by atoms with Crippen LogP contribution in [0.15, 0.2) is 18.2 Å². The fourth-order valence-electron chi connectivity index (χ4n) is 1.17. The van der Waals surface area contributed by atoms with Gasteiger partial charge >= 0.3 is 5.97 Å². The van der Waals surface area contributed by atoms with Gasteiger partial charge in [0.25, 0.3) is 5.69 Å². The van der Waals surface area contributed by atoms with Crippen molar-refractivity contribution in [2.75, 3.05) is 6.61 Å². The zero-order chi connectivity index (χ0) is 12.1. The Morgan fingerprint density at radius 1 is 1.62 bits per heavy atom. The molecule has 0 saturated heterocycles. The maximum absolute atomic E-state index is 11.3. The number of hydrogen-bond acceptors (Lipinski definition) is 5. The molecule has 0 aliphatic heterocycles. The molecule has 0 aliphatic rings. The van der Waals surface area contributed by atoms with Crippen LogP contribution in [0.5, 0.6) is 0 Å². The normalized spacial score (nSPS) is 9.25. The Bertz CT molecular complexity index is 476. The highest BCUT2D eigenvalue weighted by atomic mass is 16.6. The number of nitrogens with zero attached hydrogens (tertiary/aromatic N) is 2. The van der Waals surface area contributed by atoms with E-state index in [0.29, 0.717) is 5.56 Å². The van der Waals surface area contributed by atoms with Crippen LogP contribution in [-0.4, -0.2) is 17.5 Å².